The molecule has 0 fully saturated rings. The van der Waals surface area contributed by atoms with E-state index in [-0.39, 0.29) is 12.6 Å². The van der Waals surface area contributed by atoms with Gasteiger partial charge in [0, 0.05) is 0 Å². The van der Waals surface area contributed by atoms with Crippen LogP contribution in [0.4, 0.5) is 0 Å². The van der Waals surface area contributed by atoms with Crippen LogP contribution in [-0.4, -0.2) is 18.2 Å². The Hall–Kier alpha value is -2.65. The highest BCUT2D eigenvalue weighted by Crippen LogP contribution is 2.25. The van der Waals surface area contributed by atoms with Crippen molar-refractivity contribution >= 4 is 16.7 Å². The Balaban J connectivity index is 1.97. The standard InChI is InChI=1S/C19H16O3/c1-22-19(21)15-6-4-14(5-7-15)17-9-8-16-10-13(12-20)2-3-18(16)11-17/h2-11,20H,12H2,1H3. The van der Waals surface area contributed by atoms with Crippen LogP contribution in [0.3, 0.4) is 0 Å². The molecule has 0 atom stereocenters. The highest BCUT2D eigenvalue weighted by Gasteiger charge is 2.06. The molecule has 3 aromatic rings. The minimum atomic E-state index is -0.332. The summed E-state index contributed by atoms with van der Waals surface area (Å²) in [5.74, 6) is -0.332. The molecule has 0 saturated carbocycles. The average Bonchev–Trinajstić information content (AvgIpc) is 2.60. The molecule has 0 aromatic heterocycles. The summed E-state index contributed by atoms with van der Waals surface area (Å²) in [6.45, 7) is 0.0483. The number of ether oxygens (including phenoxy) is 1. The minimum absolute atomic E-state index is 0.0483. The predicted octanol–water partition coefficient (Wildman–Crippen LogP) is 3.79. The van der Waals surface area contributed by atoms with E-state index in [0.29, 0.717) is 5.56 Å². The predicted molar refractivity (Wildman–Crippen MR) is 86.6 cm³/mol. The van der Waals surface area contributed by atoms with Crippen LogP contribution in [0, 0.1) is 0 Å². The zero-order valence-electron chi connectivity index (χ0n) is 12.2. The molecule has 22 heavy (non-hydrogen) atoms. The number of rotatable bonds is 3. The molecule has 0 aliphatic carbocycles. The number of methoxy groups -OCH3 is 1. The normalized spacial score (nSPS) is 10.6. The highest BCUT2D eigenvalue weighted by atomic mass is 16.5. The lowest BCUT2D eigenvalue weighted by Gasteiger charge is -2.06. The first-order chi connectivity index (χ1) is 10.7. The Kier molecular flexibility index (Phi) is 3.90. The number of aliphatic hydroxyl groups excluding tert-OH is 1. The van der Waals surface area contributed by atoms with Crippen molar-refractivity contribution in [1.29, 1.82) is 0 Å². The molecule has 0 radical (unpaired) electrons. The van der Waals surface area contributed by atoms with Gasteiger partial charge in [-0.15, -0.1) is 0 Å². The summed E-state index contributed by atoms with van der Waals surface area (Å²) in [6, 6.07) is 19.4. The number of carbonyl (C=O) groups is 1. The van der Waals surface area contributed by atoms with E-state index < -0.39 is 0 Å². The third-order valence-electron chi connectivity index (χ3n) is 3.73. The second kappa shape index (κ2) is 6.00. The molecule has 0 amide bonds. The van der Waals surface area contributed by atoms with Gasteiger partial charge in [0.15, 0.2) is 0 Å². The number of carbonyl (C=O) groups excluding carboxylic acids is 1. The maximum absolute atomic E-state index is 11.5. The van der Waals surface area contributed by atoms with E-state index in [9.17, 15) is 9.90 Å². The van der Waals surface area contributed by atoms with Crippen LogP contribution in [0.25, 0.3) is 21.9 Å². The van der Waals surface area contributed by atoms with Crippen molar-refractivity contribution in [2.75, 3.05) is 7.11 Å². The molecule has 1 N–H and O–H groups in total. The van der Waals surface area contributed by atoms with E-state index in [4.69, 9.17) is 4.74 Å². The van der Waals surface area contributed by atoms with Crippen molar-refractivity contribution in [2.45, 2.75) is 6.61 Å². The Morgan fingerprint density at radius 3 is 2.23 bits per heavy atom. The number of esters is 1. The average molecular weight is 292 g/mol. The van der Waals surface area contributed by atoms with Gasteiger partial charge in [-0.1, -0.05) is 36.4 Å². The Labute approximate surface area is 128 Å². The molecule has 0 spiro atoms. The summed E-state index contributed by atoms with van der Waals surface area (Å²) >= 11 is 0. The molecule has 0 unspecified atom stereocenters. The second-order valence-electron chi connectivity index (χ2n) is 5.12. The third kappa shape index (κ3) is 2.71. The Bertz CT molecular complexity index is 820. The number of hydrogen-bond donors (Lipinski definition) is 1. The van der Waals surface area contributed by atoms with E-state index in [1.807, 2.05) is 42.5 Å². The molecule has 0 saturated heterocycles. The number of fused-ring (bicyclic) bond motifs is 1. The van der Waals surface area contributed by atoms with Gasteiger partial charge < -0.3 is 9.84 Å². The molecule has 3 heteroatoms. The van der Waals surface area contributed by atoms with Gasteiger partial charge in [0.05, 0.1) is 19.3 Å². The quantitative estimate of drug-likeness (QED) is 0.747. The molecule has 0 bridgehead atoms. The summed E-state index contributed by atoms with van der Waals surface area (Å²) in [4.78, 5) is 11.5. The number of benzene rings is 3. The first kappa shape index (κ1) is 14.3. The van der Waals surface area contributed by atoms with Crippen LogP contribution in [0.2, 0.25) is 0 Å². The molecular formula is C19H16O3. The van der Waals surface area contributed by atoms with Crippen molar-refractivity contribution in [3.05, 3.63) is 71.8 Å². The summed E-state index contributed by atoms with van der Waals surface area (Å²) < 4.78 is 4.70. The molecule has 3 aromatic carbocycles. The SMILES string of the molecule is COC(=O)c1ccc(-c2ccc3cc(CO)ccc3c2)cc1. The first-order valence-corrected chi connectivity index (χ1v) is 7.03. The monoisotopic (exact) mass is 292 g/mol. The van der Waals surface area contributed by atoms with Crippen molar-refractivity contribution in [1.82, 2.24) is 0 Å². The molecular weight excluding hydrogens is 276 g/mol. The van der Waals surface area contributed by atoms with Crippen LogP contribution in [0.5, 0.6) is 0 Å². The maximum atomic E-state index is 11.5. The van der Waals surface area contributed by atoms with Crippen LogP contribution in [-0.2, 0) is 11.3 Å². The van der Waals surface area contributed by atoms with Crippen molar-refractivity contribution in [2.24, 2.45) is 0 Å². The van der Waals surface area contributed by atoms with Gasteiger partial charge in [0.25, 0.3) is 0 Å². The van der Waals surface area contributed by atoms with E-state index in [1.54, 1.807) is 12.1 Å². The summed E-state index contributed by atoms with van der Waals surface area (Å²) in [5.41, 5.74) is 3.57. The van der Waals surface area contributed by atoms with Gasteiger partial charge >= 0.3 is 5.97 Å². The van der Waals surface area contributed by atoms with Gasteiger partial charge in [0.2, 0.25) is 0 Å². The van der Waals surface area contributed by atoms with Crippen molar-refractivity contribution in [3.8, 4) is 11.1 Å². The number of aliphatic hydroxyl groups is 1. The lowest BCUT2D eigenvalue weighted by atomic mass is 9.99. The first-order valence-electron chi connectivity index (χ1n) is 7.03. The minimum Gasteiger partial charge on any atom is -0.465 e. The molecule has 0 aliphatic rings. The van der Waals surface area contributed by atoms with Crippen LogP contribution < -0.4 is 0 Å². The van der Waals surface area contributed by atoms with E-state index in [0.717, 1.165) is 27.5 Å². The third-order valence-corrected chi connectivity index (χ3v) is 3.73. The second-order valence-corrected chi connectivity index (χ2v) is 5.12. The summed E-state index contributed by atoms with van der Waals surface area (Å²) in [5, 5.41) is 11.4. The lowest BCUT2D eigenvalue weighted by molar-refractivity contribution is 0.0601. The maximum Gasteiger partial charge on any atom is 0.337 e. The molecule has 110 valence electrons. The van der Waals surface area contributed by atoms with Gasteiger partial charge in [-0.25, -0.2) is 4.79 Å². The van der Waals surface area contributed by atoms with Gasteiger partial charge in [-0.2, -0.15) is 0 Å². The fourth-order valence-electron chi connectivity index (χ4n) is 2.49. The van der Waals surface area contributed by atoms with Crippen molar-refractivity contribution < 1.29 is 14.6 Å². The zero-order chi connectivity index (χ0) is 15.5. The Morgan fingerprint density at radius 2 is 1.55 bits per heavy atom. The summed E-state index contributed by atoms with van der Waals surface area (Å²) in [6.07, 6.45) is 0. The van der Waals surface area contributed by atoms with E-state index in [1.165, 1.54) is 7.11 Å². The zero-order valence-corrected chi connectivity index (χ0v) is 12.2. The van der Waals surface area contributed by atoms with Gasteiger partial charge in [0.1, 0.15) is 0 Å². The molecule has 3 rings (SSSR count). The lowest BCUT2D eigenvalue weighted by Crippen LogP contribution is -2.00. The Morgan fingerprint density at radius 1 is 0.909 bits per heavy atom. The molecule has 0 heterocycles. The van der Waals surface area contributed by atoms with Crippen LogP contribution >= 0.6 is 0 Å². The van der Waals surface area contributed by atoms with E-state index >= 15 is 0 Å². The van der Waals surface area contributed by atoms with Crippen molar-refractivity contribution in [3.63, 3.8) is 0 Å². The molecule has 3 nitrogen and oxygen atoms in total. The fraction of sp³-hybridized carbons (Fsp3) is 0.105. The smallest absolute Gasteiger partial charge is 0.337 e. The van der Waals surface area contributed by atoms with Crippen LogP contribution in [0.1, 0.15) is 15.9 Å². The van der Waals surface area contributed by atoms with Gasteiger partial charge in [-0.05, 0) is 51.7 Å². The largest absolute Gasteiger partial charge is 0.465 e. The fourth-order valence-corrected chi connectivity index (χ4v) is 2.49. The topological polar surface area (TPSA) is 46.5 Å². The number of hydrogen-bond acceptors (Lipinski definition) is 3. The highest BCUT2D eigenvalue weighted by molar-refractivity contribution is 5.91. The van der Waals surface area contributed by atoms with E-state index in [2.05, 4.69) is 6.07 Å². The van der Waals surface area contributed by atoms with Gasteiger partial charge in [-0.3, -0.25) is 0 Å². The summed E-state index contributed by atoms with van der Waals surface area (Å²) in [7, 11) is 1.38. The van der Waals surface area contributed by atoms with Crippen LogP contribution in [0.15, 0.2) is 60.7 Å². The molecule has 0 aliphatic heterocycles.